The van der Waals surface area contributed by atoms with Crippen molar-refractivity contribution in [2.45, 2.75) is 32.2 Å². The molecule has 1 saturated heterocycles. The highest BCUT2D eigenvalue weighted by molar-refractivity contribution is 7.91. The Kier molecular flexibility index (Phi) is 4.40. The Bertz CT molecular complexity index is 816. The number of hydrazone groups is 1. The Balaban J connectivity index is 1.78. The Morgan fingerprint density at radius 1 is 1.29 bits per heavy atom. The molecule has 1 atom stereocenters. The van der Waals surface area contributed by atoms with Gasteiger partial charge in [-0.15, -0.1) is 0 Å². The van der Waals surface area contributed by atoms with Gasteiger partial charge in [-0.3, -0.25) is 9.59 Å². The van der Waals surface area contributed by atoms with Crippen LogP contribution in [0.15, 0.2) is 29.4 Å². The first-order chi connectivity index (χ1) is 11.4. The minimum Gasteiger partial charge on any atom is -0.321 e. The van der Waals surface area contributed by atoms with Gasteiger partial charge in [0.1, 0.15) is 5.71 Å². The van der Waals surface area contributed by atoms with E-state index in [1.807, 2.05) is 25.1 Å². The van der Waals surface area contributed by atoms with Gasteiger partial charge in [-0.1, -0.05) is 18.2 Å². The summed E-state index contributed by atoms with van der Waals surface area (Å²) in [5.74, 6) is -0.622. The lowest BCUT2D eigenvalue weighted by molar-refractivity contribution is -0.133. The first kappa shape index (κ1) is 16.6. The number of carbonyl (C=O) groups is 2. The van der Waals surface area contributed by atoms with Gasteiger partial charge in [-0.25, -0.2) is 13.4 Å². The Hall–Kier alpha value is -2.22. The third kappa shape index (κ3) is 3.48. The number of amides is 2. The van der Waals surface area contributed by atoms with Crippen LogP contribution in [0.3, 0.4) is 0 Å². The van der Waals surface area contributed by atoms with Crippen LogP contribution in [0.5, 0.6) is 0 Å². The number of para-hydroxylation sites is 1. The van der Waals surface area contributed by atoms with Crippen molar-refractivity contribution in [1.82, 2.24) is 5.01 Å². The van der Waals surface area contributed by atoms with Gasteiger partial charge in [0.2, 0.25) is 5.91 Å². The highest BCUT2D eigenvalue weighted by Gasteiger charge is 2.37. The van der Waals surface area contributed by atoms with Crippen molar-refractivity contribution >= 4 is 33.1 Å². The van der Waals surface area contributed by atoms with Gasteiger partial charge in [0, 0.05) is 18.5 Å². The van der Waals surface area contributed by atoms with E-state index in [0.29, 0.717) is 12.1 Å². The fraction of sp³-hybridized carbons (Fsp3) is 0.438. The van der Waals surface area contributed by atoms with E-state index < -0.39 is 15.9 Å². The average Bonchev–Trinajstić information content (AvgIpc) is 2.90. The molecule has 1 aromatic carbocycles. The smallest absolute Gasteiger partial charge is 0.271 e. The van der Waals surface area contributed by atoms with Crippen LogP contribution in [0.2, 0.25) is 0 Å². The van der Waals surface area contributed by atoms with Crippen LogP contribution in [0, 0.1) is 6.92 Å². The maximum atomic E-state index is 12.4. The first-order valence-corrected chi connectivity index (χ1v) is 9.65. The Morgan fingerprint density at radius 2 is 2.04 bits per heavy atom. The second-order valence-corrected chi connectivity index (χ2v) is 8.34. The van der Waals surface area contributed by atoms with Gasteiger partial charge in [0.15, 0.2) is 9.84 Å². The van der Waals surface area contributed by atoms with Crippen LogP contribution in [0.4, 0.5) is 5.69 Å². The molecule has 0 aromatic heterocycles. The van der Waals surface area contributed by atoms with Gasteiger partial charge in [-0.2, -0.15) is 5.10 Å². The van der Waals surface area contributed by atoms with Crippen LogP contribution in [0.25, 0.3) is 0 Å². The van der Waals surface area contributed by atoms with Gasteiger partial charge in [0.05, 0.1) is 17.5 Å². The zero-order valence-corrected chi connectivity index (χ0v) is 14.2. The van der Waals surface area contributed by atoms with Gasteiger partial charge < -0.3 is 5.32 Å². The summed E-state index contributed by atoms with van der Waals surface area (Å²) in [6, 6.07) is 6.92. The SMILES string of the molecule is Cc1ccccc1NC(=O)C1=NN(C2CCS(=O)(=O)C2)C(=O)CC1. The number of sulfone groups is 1. The number of nitrogens with one attached hydrogen (secondary N) is 1. The fourth-order valence-corrected chi connectivity index (χ4v) is 4.59. The van der Waals surface area contributed by atoms with Crippen LogP contribution in [-0.2, 0) is 19.4 Å². The molecule has 1 unspecified atom stereocenters. The van der Waals surface area contributed by atoms with Crippen LogP contribution >= 0.6 is 0 Å². The predicted molar refractivity (Wildman–Crippen MR) is 90.4 cm³/mol. The summed E-state index contributed by atoms with van der Waals surface area (Å²) in [6.45, 7) is 1.89. The molecule has 0 spiro atoms. The molecule has 1 N–H and O–H groups in total. The number of benzene rings is 1. The summed E-state index contributed by atoms with van der Waals surface area (Å²) in [4.78, 5) is 24.5. The van der Waals surface area contributed by atoms with E-state index in [0.717, 1.165) is 5.56 Å². The molecule has 1 fully saturated rings. The molecule has 0 bridgehead atoms. The van der Waals surface area contributed by atoms with Gasteiger partial charge >= 0.3 is 0 Å². The summed E-state index contributed by atoms with van der Waals surface area (Å²) in [6.07, 6.45) is 0.785. The van der Waals surface area contributed by atoms with Crippen molar-refractivity contribution in [3.63, 3.8) is 0 Å². The van der Waals surface area contributed by atoms with E-state index in [1.54, 1.807) is 6.07 Å². The fourth-order valence-electron chi connectivity index (χ4n) is 2.90. The van der Waals surface area contributed by atoms with E-state index in [4.69, 9.17) is 0 Å². The second-order valence-electron chi connectivity index (χ2n) is 6.11. The molecule has 1 aromatic rings. The summed E-state index contributed by atoms with van der Waals surface area (Å²) < 4.78 is 23.2. The van der Waals surface area contributed by atoms with Crippen LogP contribution < -0.4 is 5.32 Å². The Morgan fingerprint density at radius 3 is 2.71 bits per heavy atom. The van der Waals surface area contributed by atoms with Crippen molar-refractivity contribution in [3.8, 4) is 0 Å². The van der Waals surface area contributed by atoms with Crippen LogP contribution in [-0.4, -0.2) is 48.5 Å². The normalized spacial score (nSPS) is 23.0. The topological polar surface area (TPSA) is 95.9 Å². The highest BCUT2D eigenvalue weighted by Crippen LogP contribution is 2.22. The minimum atomic E-state index is -3.12. The molecule has 8 heteroatoms. The summed E-state index contributed by atoms with van der Waals surface area (Å²) >= 11 is 0. The molecule has 3 rings (SSSR count). The van der Waals surface area contributed by atoms with Crippen molar-refractivity contribution in [1.29, 1.82) is 0 Å². The third-order valence-corrected chi connectivity index (χ3v) is 6.02. The quantitative estimate of drug-likeness (QED) is 0.884. The number of aryl methyl sites for hydroxylation is 1. The lowest BCUT2D eigenvalue weighted by Crippen LogP contribution is -2.42. The average molecular weight is 349 g/mol. The minimum absolute atomic E-state index is 0.0572. The number of anilines is 1. The van der Waals surface area contributed by atoms with Crippen molar-refractivity contribution in [2.75, 3.05) is 16.8 Å². The number of hydrogen-bond donors (Lipinski definition) is 1. The number of rotatable bonds is 3. The molecular formula is C16H19N3O4S. The van der Waals surface area contributed by atoms with E-state index in [2.05, 4.69) is 10.4 Å². The zero-order chi connectivity index (χ0) is 17.3. The third-order valence-electron chi connectivity index (χ3n) is 4.27. The van der Waals surface area contributed by atoms with E-state index in [9.17, 15) is 18.0 Å². The highest BCUT2D eigenvalue weighted by atomic mass is 32.2. The van der Waals surface area contributed by atoms with Crippen molar-refractivity contribution < 1.29 is 18.0 Å². The summed E-state index contributed by atoms with van der Waals surface area (Å²) in [7, 11) is -3.12. The van der Waals surface area contributed by atoms with Gasteiger partial charge in [0.25, 0.3) is 5.91 Å². The number of hydrogen-bond acceptors (Lipinski definition) is 5. The van der Waals surface area contributed by atoms with Crippen LogP contribution in [0.1, 0.15) is 24.8 Å². The van der Waals surface area contributed by atoms with E-state index >= 15 is 0 Å². The van der Waals surface area contributed by atoms with E-state index in [-0.39, 0.29) is 41.9 Å². The maximum Gasteiger partial charge on any atom is 0.271 e. The summed E-state index contributed by atoms with van der Waals surface area (Å²) in [5, 5.41) is 8.15. The maximum absolute atomic E-state index is 12.4. The standard InChI is InChI=1S/C16H19N3O4S/c1-11-4-2-3-5-13(11)17-16(21)14-6-7-15(20)19(18-14)12-8-9-24(22,23)10-12/h2-5,12H,6-10H2,1H3,(H,17,21). The lowest BCUT2D eigenvalue weighted by atomic mass is 10.1. The molecule has 24 heavy (non-hydrogen) atoms. The molecule has 2 amide bonds. The second kappa shape index (κ2) is 6.35. The molecule has 2 aliphatic rings. The Labute approximate surface area is 140 Å². The number of nitrogens with zero attached hydrogens (tertiary/aromatic N) is 2. The number of carbonyl (C=O) groups excluding carboxylic acids is 2. The molecule has 0 aliphatic carbocycles. The molecule has 7 nitrogen and oxygen atoms in total. The zero-order valence-electron chi connectivity index (χ0n) is 13.4. The summed E-state index contributed by atoms with van der Waals surface area (Å²) in [5.41, 5.74) is 1.87. The largest absolute Gasteiger partial charge is 0.321 e. The van der Waals surface area contributed by atoms with Crippen molar-refractivity contribution in [3.05, 3.63) is 29.8 Å². The molecular weight excluding hydrogens is 330 g/mol. The molecule has 0 saturated carbocycles. The van der Waals surface area contributed by atoms with Crippen molar-refractivity contribution in [2.24, 2.45) is 5.10 Å². The van der Waals surface area contributed by atoms with Gasteiger partial charge in [-0.05, 0) is 25.0 Å². The predicted octanol–water partition coefficient (Wildman–Crippen LogP) is 1.10. The molecule has 128 valence electrons. The first-order valence-electron chi connectivity index (χ1n) is 7.83. The molecule has 0 radical (unpaired) electrons. The van der Waals surface area contributed by atoms with E-state index in [1.165, 1.54) is 5.01 Å². The molecule has 2 aliphatic heterocycles. The molecule has 2 heterocycles. The lowest BCUT2D eigenvalue weighted by Gasteiger charge is -2.27. The monoisotopic (exact) mass is 349 g/mol.